The van der Waals surface area contributed by atoms with E-state index in [9.17, 15) is 9.59 Å². The summed E-state index contributed by atoms with van der Waals surface area (Å²) in [5.74, 6) is 1.08. The van der Waals surface area contributed by atoms with Gasteiger partial charge in [0.2, 0.25) is 0 Å². The van der Waals surface area contributed by atoms with Crippen LogP contribution in [0.25, 0.3) is 0 Å². The van der Waals surface area contributed by atoms with E-state index in [-0.39, 0.29) is 17.6 Å². The Labute approximate surface area is 238 Å². The lowest BCUT2D eigenvalue weighted by molar-refractivity contribution is -0.116. The molecule has 8 heteroatoms. The maximum Gasteiger partial charge on any atom is 0.254 e. The van der Waals surface area contributed by atoms with Gasteiger partial charge in [-0.05, 0) is 78.9 Å². The summed E-state index contributed by atoms with van der Waals surface area (Å²) in [7, 11) is 4.79. The van der Waals surface area contributed by atoms with Crippen molar-refractivity contribution in [2.45, 2.75) is 31.6 Å². The summed E-state index contributed by atoms with van der Waals surface area (Å²) in [6.07, 6.45) is 0.928. The zero-order valence-electron chi connectivity index (χ0n) is 22.8. The van der Waals surface area contributed by atoms with Gasteiger partial charge in [-0.3, -0.25) is 9.59 Å². The molecule has 5 rings (SSSR count). The molecule has 1 aliphatic heterocycles. The number of halogens is 1. The SMILES string of the molecule is COc1ccc(NC(=O)C2=C(C)NC3=C(C(=O)C[C@@H](c4ccc(OC)c(OC)c4)C3)[C@H]2c2ccc(Cl)cc2)cc1. The fourth-order valence-electron chi connectivity index (χ4n) is 5.54. The van der Waals surface area contributed by atoms with Gasteiger partial charge in [0, 0.05) is 45.6 Å². The summed E-state index contributed by atoms with van der Waals surface area (Å²) in [6, 6.07) is 20.2. The molecule has 0 saturated carbocycles. The van der Waals surface area contributed by atoms with Gasteiger partial charge in [-0.15, -0.1) is 0 Å². The third-order valence-electron chi connectivity index (χ3n) is 7.50. The zero-order valence-corrected chi connectivity index (χ0v) is 23.6. The third-order valence-corrected chi connectivity index (χ3v) is 7.75. The van der Waals surface area contributed by atoms with Crippen molar-refractivity contribution in [3.8, 4) is 17.2 Å². The van der Waals surface area contributed by atoms with Crippen LogP contribution in [0.1, 0.15) is 42.7 Å². The number of Topliss-reactive ketones (excluding diaryl/α,β-unsaturated/α-hetero) is 1. The van der Waals surface area contributed by atoms with Crippen LogP contribution in [0.15, 0.2) is 89.3 Å². The Morgan fingerprint density at radius 1 is 0.875 bits per heavy atom. The molecule has 0 saturated heterocycles. The van der Waals surface area contributed by atoms with Crippen LogP contribution < -0.4 is 24.8 Å². The normalized spacial score (nSPS) is 18.6. The number of carbonyl (C=O) groups is 2. The van der Waals surface area contributed by atoms with E-state index in [1.807, 2.05) is 37.3 Å². The van der Waals surface area contributed by atoms with Gasteiger partial charge >= 0.3 is 0 Å². The maximum atomic E-state index is 13.9. The van der Waals surface area contributed by atoms with Crippen molar-refractivity contribution in [2.24, 2.45) is 0 Å². The average Bonchev–Trinajstić information content (AvgIpc) is 2.96. The molecule has 3 aromatic carbocycles. The lowest BCUT2D eigenvalue weighted by atomic mass is 9.71. The molecule has 1 amide bonds. The Hall–Kier alpha value is -4.23. The van der Waals surface area contributed by atoms with Gasteiger partial charge in [0.05, 0.1) is 21.3 Å². The largest absolute Gasteiger partial charge is 0.497 e. The fraction of sp³-hybridized carbons (Fsp3) is 0.250. The van der Waals surface area contributed by atoms with Crippen molar-refractivity contribution in [2.75, 3.05) is 26.6 Å². The second-order valence-corrected chi connectivity index (χ2v) is 10.3. The van der Waals surface area contributed by atoms with Gasteiger partial charge in [-0.2, -0.15) is 0 Å². The van der Waals surface area contributed by atoms with Crippen molar-refractivity contribution in [1.82, 2.24) is 5.32 Å². The molecule has 7 nitrogen and oxygen atoms in total. The van der Waals surface area contributed by atoms with E-state index in [1.54, 1.807) is 57.7 Å². The molecule has 2 aliphatic rings. The highest BCUT2D eigenvalue weighted by Gasteiger charge is 2.41. The molecule has 40 heavy (non-hydrogen) atoms. The Morgan fingerprint density at radius 2 is 1.55 bits per heavy atom. The smallest absolute Gasteiger partial charge is 0.254 e. The maximum absolute atomic E-state index is 13.9. The van der Waals surface area contributed by atoms with Crippen LogP contribution in [-0.4, -0.2) is 33.0 Å². The summed E-state index contributed by atoms with van der Waals surface area (Å²) >= 11 is 6.20. The number of rotatable bonds is 7. The number of amides is 1. The molecular weight excluding hydrogens is 528 g/mol. The molecule has 0 unspecified atom stereocenters. The summed E-state index contributed by atoms with van der Waals surface area (Å²) in [6.45, 7) is 1.88. The number of allylic oxidation sites excluding steroid dienone is 3. The van der Waals surface area contributed by atoms with Gasteiger partial charge in [0.1, 0.15) is 5.75 Å². The Morgan fingerprint density at radius 3 is 2.20 bits per heavy atom. The van der Waals surface area contributed by atoms with Crippen molar-refractivity contribution in [3.05, 3.63) is 105 Å². The minimum Gasteiger partial charge on any atom is -0.497 e. The van der Waals surface area contributed by atoms with E-state index in [1.165, 1.54) is 0 Å². The van der Waals surface area contributed by atoms with Crippen LogP contribution in [0.4, 0.5) is 5.69 Å². The van der Waals surface area contributed by atoms with Crippen LogP contribution in [0.3, 0.4) is 0 Å². The fourth-order valence-corrected chi connectivity index (χ4v) is 5.67. The Balaban J connectivity index is 1.52. The van der Waals surface area contributed by atoms with E-state index in [0.29, 0.717) is 57.6 Å². The summed E-state index contributed by atoms with van der Waals surface area (Å²) in [5, 5.41) is 7.00. The second-order valence-electron chi connectivity index (χ2n) is 9.87. The number of dihydropyridines is 1. The highest BCUT2D eigenvalue weighted by molar-refractivity contribution is 6.30. The standard InChI is InChI=1S/C32H31ClN2O5/c1-18-29(32(37)35-23-10-12-24(38-2)13-11-23)30(19-5-8-22(33)9-6-19)31-25(34-18)15-21(16-26(31)36)20-7-14-27(39-3)28(17-20)40-4/h5-14,17,21,30,34H,15-16H2,1-4H3,(H,35,37)/t21-,30-/m0/s1. The molecule has 1 heterocycles. The first kappa shape index (κ1) is 27.3. The number of ether oxygens (including phenoxy) is 3. The summed E-state index contributed by atoms with van der Waals surface area (Å²) < 4.78 is 16.1. The Kier molecular flexibility index (Phi) is 7.85. The molecule has 0 spiro atoms. The number of hydrogen-bond donors (Lipinski definition) is 2. The number of carbonyl (C=O) groups excluding carboxylic acids is 2. The third kappa shape index (κ3) is 5.29. The van der Waals surface area contributed by atoms with Crippen LogP contribution in [0.2, 0.25) is 5.02 Å². The molecular formula is C32H31ClN2O5. The van der Waals surface area contributed by atoms with Crippen molar-refractivity contribution in [3.63, 3.8) is 0 Å². The van der Waals surface area contributed by atoms with E-state index < -0.39 is 5.92 Å². The van der Waals surface area contributed by atoms with Gasteiger partial charge in [0.15, 0.2) is 17.3 Å². The molecule has 0 aromatic heterocycles. The van der Waals surface area contributed by atoms with Crippen LogP contribution >= 0.6 is 11.6 Å². The zero-order chi connectivity index (χ0) is 28.4. The second kappa shape index (κ2) is 11.5. The predicted octanol–water partition coefficient (Wildman–Crippen LogP) is 6.37. The lowest BCUT2D eigenvalue weighted by Crippen LogP contribution is -2.37. The first-order chi connectivity index (χ1) is 19.3. The molecule has 0 radical (unpaired) electrons. The minimum atomic E-state index is -0.536. The van der Waals surface area contributed by atoms with E-state index in [2.05, 4.69) is 10.6 Å². The van der Waals surface area contributed by atoms with Gasteiger partial charge in [0.25, 0.3) is 5.91 Å². The molecule has 0 bridgehead atoms. The van der Waals surface area contributed by atoms with Crippen molar-refractivity contribution in [1.29, 1.82) is 0 Å². The van der Waals surface area contributed by atoms with E-state index >= 15 is 0 Å². The Bertz CT molecular complexity index is 1510. The predicted molar refractivity (Wildman–Crippen MR) is 155 cm³/mol. The molecule has 206 valence electrons. The number of benzene rings is 3. The first-order valence-electron chi connectivity index (χ1n) is 13.0. The average molecular weight is 559 g/mol. The monoisotopic (exact) mass is 558 g/mol. The summed E-state index contributed by atoms with van der Waals surface area (Å²) in [4.78, 5) is 27.7. The highest BCUT2D eigenvalue weighted by atomic mass is 35.5. The number of ketones is 1. The number of nitrogens with one attached hydrogen (secondary N) is 2. The topological polar surface area (TPSA) is 85.9 Å². The molecule has 1 aliphatic carbocycles. The van der Waals surface area contributed by atoms with Crippen LogP contribution in [0, 0.1) is 0 Å². The summed E-state index contributed by atoms with van der Waals surface area (Å²) in [5.41, 5.74) is 5.09. The number of methoxy groups -OCH3 is 3. The van der Waals surface area contributed by atoms with Gasteiger partial charge in [-0.1, -0.05) is 29.8 Å². The quantitative estimate of drug-likeness (QED) is 0.351. The number of hydrogen-bond acceptors (Lipinski definition) is 6. The first-order valence-corrected chi connectivity index (χ1v) is 13.4. The van der Waals surface area contributed by atoms with Crippen molar-refractivity contribution < 1.29 is 23.8 Å². The van der Waals surface area contributed by atoms with Gasteiger partial charge < -0.3 is 24.8 Å². The van der Waals surface area contributed by atoms with E-state index in [0.717, 1.165) is 16.8 Å². The van der Waals surface area contributed by atoms with E-state index in [4.69, 9.17) is 25.8 Å². The lowest BCUT2D eigenvalue weighted by Gasteiger charge is -2.37. The van der Waals surface area contributed by atoms with Crippen LogP contribution in [0.5, 0.6) is 17.2 Å². The minimum absolute atomic E-state index is 0.00395. The van der Waals surface area contributed by atoms with Crippen molar-refractivity contribution >= 4 is 29.0 Å². The molecule has 2 N–H and O–H groups in total. The van der Waals surface area contributed by atoms with Gasteiger partial charge in [-0.25, -0.2) is 0 Å². The van der Waals surface area contributed by atoms with Crippen LogP contribution in [-0.2, 0) is 9.59 Å². The molecule has 0 fully saturated rings. The molecule has 3 aromatic rings. The highest BCUT2D eigenvalue weighted by Crippen LogP contribution is 2.46. The molecule has 2 atom stereocenters. The number of anilines is 1.